The molecule has 0 aliphatic carbocycles. The molecule has 1 fully saturated rings. The predicted octanol–water partition coefficient (Wildman–Crippen LogP) is 2.93. The van der Waals surface area contributed by atoms with Gasteiger partial charge >= 0.3 is 6.09 Å². The number of nitriles is 1. The molecule has 1 aliphatic heterocycles. The lowest BCUT2D eigenvalue weighted by molar-refractivity contribution is 0.0976. The first kappa shape index (κ1) is 19.1. The van der Waals surface area contributed by atoms with Crippen LogP contribution < -0.4 is 4.31 Å². The molecule has 0 N–H and O–H groups in total. The Morgan fingerprint density at radius 3 is 2.56 bits per heavy atom. The molecule has 2 aromatic carbocycles. The van der Waals surface area contributed by atoms with Gasteiger partial charge in [0.2, 0.25) is 0 Å². The van der Waals surface area contributed by atoms with Crippen LogP contribution in [-0.2, 0) is 16.0 Å². The summed E-state index contributed by atoms with van der Waals surface area (Å²) in [5.41, 5.74) is 1.05. The molecular formula is C19H20N3O4S-. The van der Waals surface area contributed by atoms with Crippen LogP contribution in [0.25, 0.3) is 10.8 Å². The van der Waals surface area contributed by atoms with Crippen molar-refractivity contribution in [3.8, 4) is 6.07 Å². The van der Waals surface area contributed by atoms with Gasteiger partial charge in [-0.25, -0.2) is 4.79 Å². The van der Waals surface area contributed by atoms with Crippen molar-refractivity contribution in [2.75, 3.05) is 24.0 Å². The van der Waals surface area contributed by atoms with Crippen LogP contribution in [0.15, 0.2) is 36.4 Å². The van der Waals surface area contributed by atoms with E-state index >= 15 is 0 Å². The maximum absolute atomic E-state index is 12.1. The number of anilines is 1. The van der Waals surface area contributed by atoms with E-state index in [1.165, 1.54) is 4.31 Å². The summed E-state index contributed by atoms with van der Waals surface area (Å²) in [6.45, 7) is 2.94. The van der Waals surface area contributed by atoms with Crippen molar-refractivity contribution in [1.82, 2.24) is 4.90 Å². The highest BCUT2D eigenvalue weighted by atomic mass is 32.2. The Balaban J connectivity index is 1.90. The minimum absolute atomic E-state index is 0.259. The van der Waals surface area contributed by atoms with Crippen LogP contribution in [0.3, 0.4) is 0 Å². The van der Waals surface area contributed by atoms with Gasteiger partial charge in [-0.05, 0) is 31.9 Å². The highest BCUT2D eigenvalue weighted by molar-refractivity contribution is 7.80. The predicted molar refractivity (Wildman–Crippen MR) is 102 cm³/mol. The van der Waals surface area contributed by atoms with Gasteiger partial charge in [0.15, 0.2) is 0 Å². The highest BCUT2D eigenvalue weighted by Gasteiger charge is 2.29. The number of ether oxygens (including phenoxy) is 1. The molecule has 0 spiro atoms. The summed E-state index contributed by atoms with van der Waals surface area (Å²) in [6.07, 6.45) is 0.664. The number of amides is 1. The molecule has 0 saturated carbocycles. The van der Waals surface area contributed by atoms with E-state index in [1.54, 1.807) is 24.0 Å². The summed E-state index contributed by atoms with van der Waals surface area (Å²) in [7, 11) is 0. The minimum Gasteiger partial charge on any atom is -0.755 e. The molecule has 1 heterocycles. The SMILES string of the molecule is CCOC(=O)N1CCC(N(c2ccc(C#N)c3ccccc23)S(=O)[O-])CC1. The van der Waals surface area contributed by atoms with E-state index < -0.39 is 11.3 Å². The summed E-state index contributed by atoms with van der Waals surface area (Å²) in [5.74, 6) is 0. The standard InChI is InChI=1S/C19H21N3O4S/c1-2-26-19(23)21-11-9-15(10-12-21)22(27(24)25)18-8-7-14(13-20)16-5-3-4-6-17(16)18/h3-8,15H,2,9-12H2,1H3,(H,24,25)/p-1. The average molecular weight is 386 g/mol. The van der Waals surface area contributed by atoms with E-state index in [2.05, 4.69) is 6.07 Å². The van der Waals surface area contributed by atoms with E-state index in [-0.39, 0.29) is 12.1 Å². The fraction of sp³-hybridized carbons (Fsp3) is 0.368. The molecule has 0 radical (unpaired) electrons. The van der Waals surface area contributed by atoms with Crippen molar-refractivity contribution in [3.63, 3.8) is 0 Å². The number of carbonyl (C=O) groups excluding carboxylic acids is 1. The van der Waals surface area contributed by atoms with E-state index in [0.29, 0.717) is 49.2 Å². The van der Waals surface area contributed by atoms with Crippen LogP contribution in [-0.4, -0.2) is 45.5 Å². The number of benzene rings is 2. The molecule has 2 aromatic rings. The number of fused-ring (bicyclic) bond motifs is 1. The Labute approximate surface area is 160 Å². The third kappa shape index (κ3) is 3.89. The third-order valence-corrected chi connectivity index (χ3v) is 5.56. The second kappa shape index (κ2) is 8.37. The number of likely N-dealkylation sites (tertiary alicyclic amines) is 1. The van der Waals surface area contributed by atoms with Gasteiger partial charge in [-0.3, -0.25) is 8.51 Å². The first-order chi connectivity index (χ1) is 13.1. The van der Waals surface area contributed by atoms with Crippen molar-refractivity contribution < 1.29 is 18.3 Å². The molecule has 1 unspecified atom stereocenters. The molecule has 3 rings (SSSR count). The Kier molecular flexibility index (Phi) is 5.94. The van der Waals surface area contributed by atoms with Gasteiger partial charge in [0.25, 0.3) is 0 Å². The summed E-state index contributed by atoms with van der Waals surface area (Å²) in [5, 5.41) is 10.7. The Morgan fingerprint density at radius 1 is 1.30 bits per heavy atom. The van der Waals surface area contributed by atoms with Gasteiger partial charge in [-0.2, -0.15) is 5.26 Å². The van der Waals surface area contributed by atoms with Crippen LogP contribution in [0.4, 0.5) is 10.5 Å². The first-order valence-corrected chi connectivity index (χ1v) is 9.82. The lowest BCUT2D eigenvalue weighted by Crippen LogP contribution is -2.47. The summed E-state index contributed by atoms with van der Waals surface area (Å²) in [6, 6.07) is 12.5. The Morgan fingerprint density at radius 2 is 1.96 bits per heavy atom. The molecule has 1 amide bonds. The normalized spacial score (nSPS) is 16.0. The molecule has 1 atom stereocenters. The number of hydrogen-bond acceptors (Lipinski definition) is 5. The molecule has 1 saturated heterocycles. The van der Waals surface area contributed by atoms with E-state index in [9.17, 15) is 18.8 Å². The lowest BCUT2D eigenvalue weighted by atomic mass is 10.0. The summed E-state index contributed by atoms with van der Waals surface area (Å²) >= 11 is -2.48. The Hall–Kier alpha value is -2.63. The van der Waals surface area contributed by atoms with Crippen molar-refractivity contribution >= 4 is 33.8 Å². The average Bonchev–Trinajstić information content (AvgIpc) is 2.68. The quantitative estimate of drug-likeness (QED) is 0.753. The first-order valence-electron chi connectivity index (χ1n) is 8.79. The Bertz CT molecular complexity index is 903. The fourth-order valence-corrected chi connectivity index (χ4v) is 4.24. The monoisotopic (exact) mass is 386 g/mol. The zero-order valence-electron chi connectivity index (χ0n) is 15.0. The number of hydrogen-bond donors (Lipinski definition) is 0. The maximum atomic E-state index is 12.1. The number of piperidine rings is 1. The van der Waals surface area contributed by atoms with Crippen LogP contribution in [0.1, 0.15) is 25.3 Å². The lowest BCUT2D eigenvalue weighted by Gasteiger charge is -2.40. The largest absolute Gasteiger partial charge is 0.755 e. The number of carbonyl (C=O) groups is 1. The molecule has 27 heavy (non-hydrogen) atoms. The van der Waals surface area contributed by atoms with Crippen LogP contribution in [0.5, 0.6) is 0 Å². The van der Waals surface area contributed by atoms with E-state index in [1.807, 2.05) is 24.3 Å². The van der Waals surface area contributed by atoms with Gasteiger partial charge in [0.05, 0.1) is 23.9 Å². The van der Waals surface area contributed by atoms with Crippen molar-refractivity contribution in [3.05, 3.63) is 42.0 Å². The van der Waals surface area contributed by atoms with Gasteiger partial charge < -0.3 is 14.2 Å². The zero-order valence-corrected chi connectivity index (χ0v) is 15.8. The van der Waals surface area contributed by atoms with Crippen LogP contribution >= 0.6 is 0 Å². The van der Waals surface area contributed by atoms with Gasteiger partial charge in [-0.15, -0.1) is 0 Å². The topological polar surface area (TPSA) is 96.7 Å². The van der Waals surface area contributed by atoms with Crippen molar-refractivity contribution in [2.24, 2.45) is 0 Å². The smallest absolute Gasteiger partial charge is 0.409 e. The number of nitrogens with zero attached hydrogens (tertiary/aromatic N) is 3. The summed E-state index contributed by atoms with van der Waals surface area (Å²) in [4.78, 5) is 13.5. The van der Waals surface area contributed by atoms with Gasteiger partial charge in [-0.1, -0.05) is 24.3 Å². The maximum Gasteiger partial charge on any atom is 0.409 e. The van der Waals surface area contributed by atoms with Gasteiger partial charge in [0.1, 0.15) is 0 Å². The molecule has 142 valence electrons. The summed E-state index contributed by atoms with van der Waals surface area (Å²) < 4.78 is 30.5. The van der Waals surface area contributed by atoms with Crippen LogP contribution in [0, 0.1) is 11.3 Å². The van der Waals surface area contributed by atoms with Crippen molar-refractivity contribution in [1.29, 1.82) is 5.26 Å². The minimum atomic E-state index is -2.48. The molecule has 0 aromatic heterocycles. The molecule has 0 bridgehead atoms. The molecule has 7 nitrogen and oxygen atoms in total. The second-order valence-corrected chi connectivity index (χ2v) is 7.08. The molecule has 8 heteroatoms. The van der Waals surface area contributed by atoms with E-state index in [0.717, 1.165) is 5.39 Å². The van der Waals surface area contributed by atoms with Crippen molar-refractivity contribution in [2.45, 2.75) is 25.8 Å². The highest BCUT2D eigenvalue weighted by Crippen LogP contribution is 2.33. The molecular weight excluding hydrogens is 366 g/mol. The van der Waals surface area contributed by atoms with Crippen LogP contribution in [0.2, 0.25) is 0 Å². The molecule has 1 aliphatic rings. The fourth-order valence-electron chi connectivity index (χ4n) is 3.47. The number of rotatable bonds is 4. The third-order valence-electron chi connectivity index (χ3n) is 4.74. The second-order valence-electron chi connectivity index (χ2n) is 6.25. The zero-order chi connectivity index (χ0) is 19.4. The van der Waals surface area contributed by atoms with E-state index in [4.69, 9.17) is 4.74 Å². The van der Waals surface area contributed by atoms with Gasteiger partial charge in [0, 0.05) is 41.2 Å².